The maximum Gasteiger partial charge on any atom is 0.283 e. The molecule has 0 amide bonds. The number of rotatable bonds is 8. The normalized spacial score (nSPS) is 15.3. The molecule has 2 aromatic heterocycles. The fourth-order valence-electron chi connectivity index (χ4n) is 4.66. The molecule has 7 nitrogen and oxygen atoms in total. The minimum Gasteiger partial charge on any atom is -0.493 e. The highest BCUT2D eigenvalue weighted by Gasteiger charge is 2.21. The number of piperidine rings is 1. The number of furan rings is 1. The molecular formula is C27H31N3O4. The molecule has 1 aliphatic rings. The van der Waals surface area contributed by atoms with Gasteiger partial charge in [0.05, 0.1) is 12.0 Å². The van der Waals surface area contributed by atoms with E-state index in [9.17, 15) is 0 Å². The summed E-state index contributed by atoms with van der Waals surface area (Å²) in [6, 6.07) is 14.5. The summed E-state index contributed by atoms with van der Waals surface area (Å²) in [5.41, 5.74) is 4.95. The summed E-state index contributed by atoms with van der Waals surface area (Å²) >= 11 is 0. The molecule has 1 saturated heterocycles. The number of aromatic nitrogens is 2. The predicted octanol–water partition coefficient (Wildman–Crippen LogP) is 5.24. The highest BCUT2D eigenvalue weighted by molar-refractivity contribution is 5.87. The largest absolute Gasteiger partial charge is 0.493 e. The number of fused-ring (bicyclic) bond motifs is 1. The third-order valence-electron chi connectivity index (χ3n) is 6.80. The molecule has 1 fully saturated rings. The molecule has 1 aliphatic heterocycles. The summed E-state index contributed by atoms with van der Waals surface area (Å²) in [4.78, 5) is 2.55. The SMILES string of the molecule is Cc1ccc(C2CCN(CCCOc3cccc4oc(-c5nnc(CO)o5)cc34)CC2)cc1C. The first-order chi connectivity index (χ1) is 16.6. The van der Waals surface area contributed by atoms with Crippen LogP contribution in [0.3, 0.4) is 0 Å². The predicted molar refractivity (Wildman–Crippen MR) is 130 cm³/mol. The second kappa shape index (κ2) is 9.99. The third-order valence-corrected chi connectivity index (χ3v) is 6.80. The fraction of sp³-hybridized carbons (Fsp3) is 0.407. The molecule has 0 spiro atoms. The van der Waals surface area contributed by atoms with Crippen molar-refractivity contribution in [3.8, 4) is 17.4 Å². The van der Waals surface area contributed by atoms with E-state index in [-0.39, 0.29) is 18.4 Å². The zero-order valence-electron chi connectivity index (χ0n) is 19.8. The van der Waals surface area contributed by atoms with E-state index in [4.69, 9.17) is 18.7 Å². The number of aliphatic hydroxyl groups excluding tert-OH is 1. The lowest BCUT2D eigenvalue weighted by atomic mass is 9.88. The van der Waals surface area contributed by atoms with Crippen molar-refractivity contribution in [2.45, 2.75) is 45.6 Å². The Kier molecular flexibility index (Phi) is 6.65. The maximum absolute atomic E-state index is 9.13. The maximum atomic E-state index is 9.13. The van der Waals surface area contributed by atoms with Gasteiger partial charge in [0.1, 0.15) is 17.9 Å². The second-order valence-corrected chi connectivity index (χ2v) is 9.10. The lowest BCUT2D eigenvalue weighted by Gasteiger charge is -2.32. The van der Waals surface area contributed by atoms with Gasteiger partial charge in [-0.3, -0.25) is 0 Å². The first kappa shape index (κ1) is 22.6. The van der Waals surface area contributed by atoms with Crippen LogP contribution in [-0.2, 0) is 6.61 Å². The summed E-state index contributed by atoms with van der Waals surface area (Å²) in [5, 5.41) is 17.7. The fourth-order valence-corrected chi connectivity index (χ4v) is 4.66. The zero-order valence-corrected chi connectivity index (χ0v) is 19.8. The van der Waals surface area contributed by atoms with E-state index in [0.29, 0.717) is 23.9 Å². The Morgan fingerprint density at radius 2 is 1.88 bits per heavy atom. The van der Waals surface area contributed by atoms with Crippen LogP contribution in [0.4, 0.5) is 0 Å². The van der Waals surface area contributed by atoms with Crippen LogP contribution in [0.25, 0.3) is 22.6 Å². The van der Waals surface area contributed by atoms with Crippen LogP contribution >= 0.6 is 0 Å². The van der Waals surface area contributed by atoms with Crippen molar-refractivity contribution >= 4 is 11.0 Å². The van der Waals surface area contributed by atoms with Crippen LogP contribution in [0, 0.1) is 13.8 Å². The van der Waals surface area contributed by atoms with E-state index in [1.807, 2.05) is 24.3 Å². The molecule has 2 aromatic carbocycles. The lowest BCUT2D eigenvalue weighted by Crippen LogP contribution is -2.34. The van der Waals surface area contributed by atoms with Gasteiger partial charge in [0.15, 0.2) is 5.76 Å². The summed E-state index contributed by atoms with van der Waals surface area (Å²) in [6.45, 7) is 8.04. The first-order valence-corrected chi connectivity index (χ1v) is 12.0. The highest BCUT2D eigenvalue weighted by atomic mass is 16.5. The number of aliphatic hydroxyl groups is 1. The standard InChI is InChI=1S/C27H31N3O4/c1-18-7-8-21(15-19(18)2)20-9-12-30(13-10-20)11-4-14-32-23-5-3-6-24-22(23)16-25(33-24)27-29-28-26(17-31)34-27/h3,5-8,15-16,20,31H,4,9-14,17H2,1-2H3. The Labute approximate surface area is 199 Å². The number of nitrogens with zero attached hydrogens (tertiary/aromatic N) is 3. The van der Waals surface area contributed by atoms with Gasteiger partial charge in [-0.2, -0.15) is 0 Å². The molecule has 0 aliphatic carbocycles. The van der Waals surface area contributed by atoms with E-state index in [1.54, 1.807) is 0 Å². The number of ether oxygens (including phenoxy) is 1. The van der Waals surface area contributed by atoms with Crippen molar-refractivity contribution in [3.63, 3.8) is 0 Å². The van der Waals surface area contributed by atoms with Gasteiger partial charge >= 0.3 is 0 Å². The van der Waals surface area contributed by atoms with Crippen molar-refractivity contribution in [1.29, 1.82) is 0 Å². The molecule has 34 heavy (non-hydrogen) atoms. The van der Waals surface area contributed by atoms with Crippen LogP contribution in [0.2, 0.25) is 0 Å². The van der Waals surface area contributed by atoms with Gasteiger partial charge in [0, 0.05) is 12.6 Å². The van der Waals surface area contributed by atoms with Gasteiger partial charge in [0.25, 0.3) is 5.89 Å². The minimum absolute atomic E-state index is 0.157. The zero-order chi connectivity index (χ0) is 23.5. The topological polar surface area (TPSA) is 84.8 Å². The Morgan fingerprint density at radius 1 is 1.03 bits per heavy atom. The number of likely N-dealkylation sites (tertiary alicyclic amines) is 1. The Morgan fingerprint density at radius 3 is 2.65 bits per heavy atom. The van der Waals surface area contributed by atoms with Crippen molar-refractivity contribution in [2.75, 3.05) is 26.2 Å². The second-order valence-electron chi connectivity index (χ2n) is 9.10. The van der Waals surface area contributed by atoms with Crippen molar-refractivity contribution in [3.05, 3.63) is 65.0 Å². The van der Waals surface area contributed by atoms with Gasteiger partial charge < -0.3 is 23.6 Å². The lowest BCUT2D eigenvalue weighted by molar-refractivity contribution is 0.193. The molecule has 7 heteroatoms. The third kappa shape index (κ3) is 4.86. The molecule has 178 valence electrons. The monoisotopic (exact) mass is 461 g/mol. The van der Waals surface area contributed by atoms with Crippen LogP contribution in [0.1, 0.15) is 47.8 Å². The smallest absolute Gasteiger partial charge is 0.283 e. The van der Waals surface area contributed by atoms with Crippen molar-refractivity contribution in [1.82, 2.24) is 15.1 Å². The van der Waals surface area contributed by atoms with E-state index >= 15 is 0 Å². The molecule has 1 N–H and O–H groups in total. The van der Waals surface area contributed by atoms with Crippen LogP contribution < -0.4 is 4.74 Å². The van der Waals surface area contributed by atoms with Crippen LogP contribution in [0.15, 0.2) is 51.3 Å². The Bertz CT molecular complexity index is 1250. The molecule has 0 atom stereocenters. The van der Waals surface area contributed by atoms with E-state index in [2.05, 4.69) is 47.1 Å². The van der Waals surface area contributed by atoms with E-state index in [1.165, 1.54) is 29.5 Å². The molecule has 0 unspecified atom stereocenters. The van der Waals surface area contributed by atoms with Gasteiger partial charge in [-0.15, -0.1) is 10.2 Å². The minimum atomic E-state index is -0.301. The molecular weight excluding hydrogens is 430 g/mol. The average molecular weight is 462 g/mol. The van der Waals surface area contributed by atoms with E-state index in [0.717, 1.165) is 37.2 Å². The first-order valence-electron chi connectivity index (χ1n) is 12.0. The molecule has 0 radical (unpaired) electrons. The number of aryl methyl sites for hydroxylation is 2. The summed E-state index contributed by atoms with van der Waals surface area (Å²) in [7, 11) is 0. The van der Waals surface area contributed by atoms with Crippen molar-refractivity contribution < 1.29 is 18.7 Å². The number of benzene rings is 2. The molecule has 4 aromatic rings. The average Bonchev–Trinajstić information content (AvgIpc) is 3.51. The summed E-state index contributed by atoms with van der Waals surface area (Å²) in [6.07, 6.45) is 3.40. The highest BCUT2D eigenvalue weighted by Crippen LogP contribution is 2.33. The molecule has 0 bridgehead atoms. The number of hydrogen-bond acceptors (Lipinski definition) is 7. The molecule has 3 heterocycles. The quantitative estimate of drug-likeness (QED) is 0.359. The Balaban J connectivity index is 1.12. The van der Waals surface area contributed by atoms with Gasteiger partial charge in [-0.25, -0.2) is 0 Å². The van der Waals surface area contributed by atoms with Gasteiger partial charge in [0.2, 0.25) is 5.89 Å². The van der Waals surface area contributed by atoms with Crippen LogP contribution in [0.5, 0.6) is 5.75 Å². The number of hydrogen-bond donors (Lipinski definition) is 1. The van der Waals surface area contributed by atoms with E-state index < -0.39 is 0 Å². The summed E-state index contributed by atoms with van der Waals surface area (Å²) < 4.78 is 17.3. The molecule has 5 rings (SSSR count). The van der Waals surface area contributed by atoms with Crippen LogP contribution in [-0.4, -0.2) is 46.4 Å². The van der Waals surface area contributed by atoms with Crippen molar-refractivity contribution in [2.24, 2.45) is 0 Å². The van der Waals surface area contributed by atoms with Gasteiger partial charge in [-0.05, 0) is 80.9 Å². The molecule has 0 saturated carbocycles. The van der Waals surface area contributed by atoms with Gasteiger partial charge in [-0.1, -0.05) is 24.3 Å². The Hall–Kier alpha value is -3.16. The summed E-state index contributed by atoms with van der Waals surface area (Å²) in [5.74, 6) is 2.32.